The van der Waals surface area contributed by atoms with Gasteiger partial charge in [-0.25, -0.2) is 8.42 Å². The minimum Gasteiger partial charge on any atom is -0.609 e. The minimum atomic E-state index is -4.17. The summed E-state index contributed by atoms with van der Waals surface area (Å²) in [5, 5.41) is 12.4. The number of hydrogen-bond acceptors (Lipinski definition) is 7. The number of nitrogens with zero attached hydrogens (tertiary/aromatic N) is 2. The molecule has 0 saturated carbocycles. The molecule has 4 aromatic rings. The number of ether oxygens (including phenoxy) is 2. The van der Waals surface area contributed by atoms with Crippen LogP contribution in [0.2, 0.25) is 0 Å². The van der Waals surface area contributed by atoms with Gasteiger partial charge in [0.15, 0.2) is 11.5 Å². The van der Waals surface area contributed by atoms with Gasteiger partial charge in [0.2, 0.25) is 9.84 Å². The van der Waals surface area contributed by atoms with Crippen LogP contribution in [0.1, 0.15) is 33.5 Å². The van der Waals surface area contributed by atoms with Gasteiger partial charge in [-0.15, -0.1) is 0 Å². The number of sulfone groups is 1. The molecule has 0 bridgehead atoms. The zero-order valence-corrected chi connectivity index (χ0v) is 23.3. The molecule has 0 amide bonds. The summed E-state index contributed by atoms with van der Waals surface area (Å²) in [7, 11) is -1.23. The first-order chi connectivity index (χ1) is 17.4. The van der Waals surface area contributed by atoms with Gasteiger partial charge in [-0.05, 0) is 63.9 Å². The van der Waals surface area contributed by atoms with Gasteiger partial charge in [0, 0.05) is 34.1 Å². The third-order valence-corrected chi connectivity index (χ3v) is 9.78. The van der Waals surface area contributed by atoms with Crippen molar-refractivity contribution in [1.29, 1.82) is 0 Å². The largest absolute Gasteiger partial charge is 0.609 e. The first kappa shape index (κ1) is 26.8. The molecule has 195 valence electrons. The highest BCUT2D eigenvalue weighted by atomic mass is 32.2. The molecular formula is C26H28N3O6S2. The first-order valence-corrected chi connectivity index (χ1v) is 14.2. The van der Waals surface area contributed by atoms with Crippen LogP contribution in [0.3, 0.4) is 0 Å². The molecule has 0 saturated heterocycles. The van der Waals surface area contributed by atoms with Crippen molar-refractivity contribution in [3.63, 3.8) is 0 Å². The van der Waals surface area contributed by atoms with Gasteiger partial charge < -0.3 is 14.0 Å². The molecule has 0 aliphatic rings. The van der Waals surface area contributed by atoms with E-state index in [1.165, 1.54) is 19.2 Å². The van der Waals surface area contributed by atoms with E-state index in [9.17, 15) is 18.1 Å². The SMILES string of the molecule is COc1ccc2[nH]c([S+]([O-])Cc3ncc(C)c(OC)c3C)nc2c1S(=O)(=O)c1c(C)cc([O])c(C)c1C. The van der Waals surface area contributed by atoms with Gasteiger partial charge in [0.05, 0.1) is 30.3 Å². The zero-order chi connectivity index (χ0) is 27.2. The average molecular weight is 543 g/mol. The van der Waals surface area contributed by atoms with Crippen LogP contribution >= 0.6 is 0 Å². The van der Waals surface area contributed by atoms with E-state index in [1.807, 2.05) is 13.8 Å². The summed E-state index contributed by atoms with van der Waals surface area (Å²) in [6.07, 6.45) is 1.66. The molecule has 2 aromatic heterocycles. The van der Waals surface area contributed by atoms with Crippen molar-refractivity contribution >= 4 is 32.0 Å². The molecule has 1 N–H and O–H groups in total. The van der Waals surface area contributed by atoms with E-state index in [1.54, 1.807) is 40.1 Å². The van der Waals surface area contributed by atoms with E-state index in [2.05, 4.69) is 15.0 Å². The topological polar surface area (TPSA) is 137 Å². The van der Waals surface area contributed by atoms with E-state index >= 15 is 0 Å². The lowest BCUT2D eigenvalue weighted by Crippen LogP contribution is -2.11. The van der Waals surface area contributed by atoms with Crippen LogP contribution in [0.5, 0.6) is 17.2 Å². The lowest BCUT2D eigenvalue weighted by molar-refractivity contribution is 0.350. The quantitative estimate of drug-likeness (QED) is 0.331. The molecule has 37 heavy (non-hydrogen) atoms. The van der Waals surface area contributed by atoms with Crippen molar-refractivity contribution < 1.29 is 27.6 Å². The standard InChI is InChI=1S/C26H28N3O6S2/c1-13-10-20(30)15(3)16(4)24(13)37(32,33)25-21(34-6)9-8-18-22(25)29-26(28-18)36(31)12-19-17(5)23(35-7)14(2)11-27-19/h8-11H,12H2,1-7H3,(H,28,29). The van der Waals surface area contributed by atoms with E-state index < -0.39 is 21.0 Å². The van der Waals surface area contributed by atoms with Crippen molar-refractivity contribution in [1.82, 2.24) is 15.0 Å². The second-order valence-corrected chi connectivity index (χ2v) is 12.0. The predicted octanol–water partition coefficient (Wildman–Crippen LogP) is 4.80. The van der Waals surface area contributed by atoms with Crippen molar-refractivity contribution in [2.45, 2.75) is 55.3 Å². The fourth-order valence-electron chi connectivity index (χ4n) is 4.48. The van der Waals surface area contributed by atoms with Crippen LogP contribution in [0, 0.1) is 34.6 Å². The van der Waals surface area contributed by atoms with Gasteiger partial charge in [-0.3, -0.25) is 15.1 Å². The molecule has 1 unspecified atom stereocenters. The number of aryl methyl sites for hydroxylation is 2. The van der Waals surface area contributed by atoms with Gasteiger partial charge in [-0.1, -0.05) is 0 Å². The number of rotatable bonds is 7. The Morgan fingerprint density at radius 2 is 1.68 bits per heavy atom. The summed E-state index contributed by atoms with van der Waals surface area (Å²) in [5.41, 5.74) is 3.80. The van der Waals surface area contributed by atoms with Gasteiger partial charge >= 0.3 is 5.16 Å². The predicted molar refractivity (Wildman–Crippen MR) is 139 cm³/mol. The number of H-pyrrole nitrogens is 1. The number of benzene rings is 2. The molecule has 0 aliphatic carbocycles. The highest BCUT2D eigenvalue weighted by molar-refractivity contribution is 7.92. The first-order valence-electron chi connectivity index (χ1n) is 11.4. The number of imidazole rings is 1. The van der Waals surface area contributed by atoms with Crippen molar-refractivity contribution in [2.75, 3.05) is 14.2 Å². The normalized spacial score (nSPS) is 12.6. The van der Waals surface area contributed by atoms with Crippen LogP contribution in [-0.2, 0) is 31.9 Å². The number of pyridine rings is 1. The second kappa shape index (κ2) is 9.88. The minimum absolute atomic E-state index is 0.0349. The van der Waals surface area contributed by atoms with E-state index in [0.29, 0.717) is 33.7 Å². The summed E-state index contributed by atoms with van der Waals surface area (Å²) in [5.74, 6) is 0.604. The fraction of sp³-hybridized carbons (Fsp3) is 0.308. The lowest BCUT2D eigenvalue weighted by atomic mass is 10.1. The summed E-state index contributed by atoms with van der Waals surface area (Å²) in [6.45, 7) is 8.52. The Kier molecular flexibility index (Phi) is 7.15. The van der Waals surface area contributed by atoms with Crippen LogP contribution < -0.4 is 9.47 Å². The molecule has 0 spiro atoms. The fourth-order valence-corrected chi connectivity index (χ4v) is 7.65. The van der Waals surface area contributed by atoms with E-state index in [4.69, 9.17) is 9.47 Å². The van der Waals surface area contributed by atoms with Crippen molar-refractivity contribution in [2.24, 2.45) is 0 Å². The number of aromatic nitrogens is 3. The Hall–Kier alpha value is -3.28. The smallest absolute Gasteiger partial charge is 0.322 e. The molecule has 2 aromatic carbocycles. The Morgan fingerprint density at radius 1 is 0.973 bits per heavy atom. The molecule has 0 fully saturated rings. The Balaban J connectivity index is 1.86. The monoisotopic (exact) mass is 542 g/mol. The van der Waals surface area contributed by atoms with Crippen molar-refractivity contribution in [3.8, 4) is 17.2 Å². The number of fused-ring (bicyclic) bond motifs is 1. The second-order valence-electron chi connectivity index (χ2n) is 8.85. The Labute approximate surface area is 219 Å². The Morgan fingerprint density at radius 3 is 2.32 bits per heavy atom. The molecular weight excluding hydrogens is 514 g/mol. The number of methoxy groups -OCH3 is 2. The Bertz CT molecular complexity index is 1630. The molecule has 1 radical (unpaired) electrons. The third-order valence-electron chi connectivity index (χ3n) is 6.52. The summed E-state index contributed by atoms with van der Waals surface area (Å²) < 4.78 is 52.2. The summed E-state index contributed by atoms with van der Waals surface area (Å²) in [4.78, 5) is 11.8. The molecule has 4 rings (SSSR count). The average Bonchev–Trinajstić information content (AvgIpc) is 3.28. The van der Waals surface area contributed by atoms with Crippen LogP contribution in [-0.4, -0.2) is 42.1 Å². The number of aromatic amines is 1. The van der Waals surface area contributed by atoms with Crippen LogP contribution in [0.25, 0.3) is 11.0 Å². The van der Waals surface area contributed by atoms with E-state index in [0.717, 1.165) is 11.1 Å². The summed E-state index contributed by atoms with van der Waals surface area (Å²) >= 11 is -1.66. The molecule has 1 atom stereocenters. The highest BCUT2D eigenvalue weighted by Crippen LogP contribution is 2.40. The third kappa shape index (κ3) is 4.51. The van der Waals surface area contributed by atoms with Gasteiger partial charge in [0.25, 0.3) is 0 Å². The number of hydrogen-bond donors (Lipinski definition) is 1. The molecule has 9 nitrogen and oxygen atoms in total. The summed E-state index contributed by atoms with van der Waals surface area (Å²) in [6, 6.07) is 4.47. The zero-order valence-electron chi connectivity index (χ0n) is 21.7. The van der Waals surface area contributed by atoms with Crippen molar-refractivity contribution in [3.05, 3.63) is 57.9 Å². The maximum Gasteiger partial charge on any atom is 0.322 e. The molecule has 0 aliphatic heterocycles. The molecule has 2 heterocycles. The van der Waals surface area contributed by atoms with Gasteiger partial charge in [0.1, 0.15) is 21.9 Å². The van der Waals surface area contributed by atoms with Crippen LogP contribution in [0.4, 0.5) is 0 Å². The van der Waals surface area contributed by atoms with E-state index in [-0.39, 0.29) is 37.7 Å². The van der Waals surface area contributed by atoms with Gasteiger partial charge in [-0.2, -0.15) is 4.98 Å². The maximum absolute atomic E-state index is 14.0. The lowest BCUT2D eigenvalue weighted by Gasteiger charge is -2.16. The number of nitrogens with one attached hydrogen (secondary N) is 1. The highest BCUT2D eigenvalue weighted by Gasteiger charge is 2.32. The molecule has 11 heteroatoms. The van der Waals surface area contributed by atoms with Crippen LogP contribution in [0.15, 0.2) is 39.3 Å². The maximum atomic E-state index is 14.0.